The van der Waals surface area contributed by atoms with Gasteiger partial charge in [0.05, 0.1) is 5.69 Å². The Hall–Kier alpha value is -3.60. The number of phenols is 1. The number of carbonyl (C=O) groups is 2. The molecule has 0 radical (unpaired) electrons. The van der Waals surface area contributed by atoms with Gasteiger partial charge in [0.25, 0.3) is 5.91 Å². The van der Waals surface area contributed by atoms with E-state index in [9.17, 15) is 14.7 Å². The third-order valence-corrected chi connectivity index (χ3v) is 6.09. The highest BCUT2D eigenvalue weighted by Crippen LogP contribution is 2.26. The lowest BCUT2D eigenvalue weighted by molar-refractivity contribution is -0.121. The van der Waals surface area contributed by atoms with Gasteiger partial charge in [-0.15, -0.1) is 0 Å². The van der Waals surface area contributed by atoms with Crippen LogP contribution in [-0.2, 0) is 17.6 Å². The minimum absolute atomic E-state index is 0.0354. The Morgan fingerprint density at radius 2 is 1.50 bits per heavy atom. The van der Waals surface area contributed by atoms with E-state index in [4.69, 9.17) is 0 Å². The molecule has 5 nitrogen and oxygen atoms in total. The summed E-state index contributed by atoms with van der Waals surface area (Å²) in [5.74, 6) is -0.192. The lowest BCUT2D eigenvalue weighted by Gasteiger charge is -2.32. The number of aromatic hydroxyl groups is 1. The van der Waals surface area contributed by atoms with Gasteiger partial charge in [-0.1, -0.05) is 60.7 Å². The number of amides is 2. The molecule has 32 heavy (non-hydrogen) atoms. The normalized spacial score (nSPS) is 14.2. The molecule has 0 atom stereocenters. The molecule has 3 aromatic carbocycles. The molecule has 164 valence electrons. The van der Waals surface area contributed by atoms with Gasteiger partial charge >= 0.3 is 0 Å². The molecule has 1 saturated heterocycles. The van der Waals surface area contributed by atoms with Crippen molar-refractivity contribution in [2.45, 2.75) is 25.7 Å². The molecular weight excluding hydrogens is 400 g/mol. The summed E-state index contributed by atoms with van der Waals surface area (Å²) >= 11 is 0. The number of likely N-dealkylation sites (tertiary alicyclic amines) is 1. The van der Waals surface area contributed by atoms with Gasteiger partial charge in [0, 0.05) is 24.6 Å². The summed E-state index contributed by atoms with van der Waals surface area (Å²) in [6, 6.07) is 24.8. The predicted molar refractivity (Wildman–Crippen MR) is 126 cm³/mol. The van der Waals surface area contributed by atoms with E-state index in [1.54, 1.807) is 24.3 Å². The number of carbonyl (C=O) groups excluding carboxylic acids is 2. The Bertz CT molecular complexity index is 1070. The molecule has 0 aromatic heterocycles. The van der Waals surface area contributed by atoms with E-state index < -0.39 is 0 Å². The molecule has 1 aliphatic rings. The lowest BCUT2D eigenvalue weighted by atomic mass is 9.94. The summed E-state index contributed by atoms with van der Waals surface area (Å²) in [6.07, 6.45) is 2.92. The smallest absolute Gasteiger partial charge is 0.254 e. The van der Waals surface area contributed by atoms with Crippen molar-refractivity contribution < 1.29 is 14.7 Å². The Labute approximate surface area is 188 Å². The van der Waals surface area contributed by atoms with Crippen molar-refractivity contribution in [1.29, 1.82) is 0 Å². The molecule has 1 heterocycles. The zero-order chi connectivity index (χ0) is 22.3. The molecule has 2 N–H and O–H groups in total. The maximum atomic E-state index is 13.2. The maximum Gasteiger partial charge on any atom is 0.254 e. The highest BCUT2D eigenvalue weighted by Gasteiger charge is 2.28. The number of nitrogens with one attached hydrogen (secondary N) is 1. The van der Waals surface area contributed by atoms with Crippen LogP contribution in [0.4, 0.5) is 5.69 Å². The quantitative estimate of drug-likeness (QED) is 0.561. The predicted octanol–water partition coefficient (Wildman–Crippen LogP) is 4.67. The van der Waals surface area contributed by atoms with Gasteiger partial charge in [-0.05, 0) is 55.0 Å². The molecule has 3 aromatic rings. The summed E-state index contributed by atoms with van der Waals surface area (Å²) in [5.41, 5.74) is 3.48. The first-order valence-electron chi connectivity index (χ1n) is 11.1. The standard InChI is InChI=1S/C27H28N2O3/c30-25-13-7-6-12-24(25)28-26(31)22-16-18-29(19-17-22)27(32)23-11-5-4-10-21(23)15-14-20-8-2-1-3-9-20/h1-13,22,30H,14-19H2,(H,28,31). The second-order valence-electron chi connectivity index (χ2n) is 8.22. The zero-order valence-electron chi connectivity index (χ0n) is 18.0. The molecule has 1 fully saturated rings. The molecular formula is C27H28N2O3. The summed E-state index contributed by atoms with van der Waals surface area (Å²) in [5, 5.41) is 12.7. The van der Waals surface area contributed by atoms with Crippen LogP contribution < -0.4 is 5.32 Å². The topological polar surface area (TPSA) is 69.6 Å². The van der Waals surface area contributed by atoms with Crippen molar-refractivity contribution >= 4 is 17.5 Å². The number of hydrogen-bond donors (Lipinski definition) is 2. The fraction of sp³-hybridized carbons (Fsp3) is 0.259. The van der Waals surface area contributed by atoms with Crippen molar-refractivity contribution in [3.05, 3.63) is 95.6 Å². The number of benzene rings is 3. The van der Waals surface area contributed by atoms with Crippen molar-refractivity contribution in [2.75, 3.05) is 18.4 Å². The van der Waals surface area contributed by atoms with Crippen LogP contribution in [-0.4, -0.2) is 34.9 Å². The Morgan fingerprint density at radius 1 is 0.844 bits per heavy atom. The first-order valence-corrected chi connectivity index (χ1v) is 11.1. The third kappa shape index (κ3) is 5.17. The number of rotatable bonds is 6. The first-order chi connectivity index (χ1) is 15.6. The second kappa shape index (κ2) is 10.1. The van der Waals surface area contributed by atoms with Gasteiger partial charge in [-0.3, -0.25) is 9.59 Å². The molecule has 5 heteroatoms. The van der Waals surface area contributed by atoms with E-state index in [-0.39, 0.29) is 23.5 Å². The monoisotopic (exact) mass is 428 g/mol. The molecule has 1 aliphatic heterocycles. The van der Waals surface area contributed by atoms with Gasteiger partial charge in [-0.2, -0.15) is 0 Å². The van der Waals surface area contributed by atoms with Gasteiger partial charge in [0.15, 0.2) is 0 Å². The fourth-order valence-corrected chi connectivity index (χ4v) is 4.20. The van der Waals surface area contributed by atoms with Crippen molar-refractivity contribution in [1.82, 2.24) is 4.90 Å². The van der Waals surface area contributed by atoms with E-state index in [0.717, 1.165) is 24.0 Å². The largest absolute Gasteiger partial charge is 0.506 e. The molecule has 4 rings (SSSR count). The van der Waals surface area contributed by atoms with Crippen LogP contribution in [0.3, 0.4) is 0 Å². The van der Waals surface area contributed by atoms with E-state index in [2.05, 4.69) is 17.4 Å². The van der Waals surface area contributed by atoms with E-state index in [1.165, 1.54) is 5.56 Å². The summed E-state index contributed by atoms with van der Waals surface area (Å²) < 4.78 is 0. The third-order valence-electron chi connectivity index (χ3n) is 6.09. The van der Waals surface area contributed by atoms with Gasteiger partial charge < -0.3 is 15.3 Å². The first kappa shape index (κ1) is 21.6. The zero-order valence-corrected chi connectivity index (χ0v) is 18.0. The van der Waals surface area contributed by atoms with Gasteiger partial charge in [0.1, 0.15) is 5.75 Å². The number of phenolic OH excluding ortho intramolecular Hbond substituents is 1. The molecule has 0 aliphatic carbocycles. The number of aryl methyl sites for hydroxylation is 2. The number of anilines is 1. The van der Waals surface area contributed by atoms with Crippen molar-refractivity contribution in [3.8, 4) is 5.75 Å². The fourth-order valence-electron chi connectivity index (χ4n) is 4.20. The van der Waals surface area contributed by atoms with Gasteiger partial charge in [0.2, 0.25) is 5.91 Å². The Balaban J connectivity index is 1.35. The maximum absolute atomic E-state index is 13.2. The van der Waals surface area contributed by atoms with E-state index >= 15 is 0 Å². The van der Waals surface area contributed by atoms with Crippen LogP contribution in [0.5, 0.6) is 5.75 Å². The summed E-state index contributed by atoms with van der Waals surface area (Å²) in [4.78, 5) is 27.7. The van der Waals surface area contributed by atoms with E-state index in [0.29, 0.717) is 31.6 Å². The number of piperidine rings is 1. The van der Waals surface area contributed by atoms with Crippen LogP contribution in [0.15, 0.2) is 78.9 Å². The minimum Gasteiger partial charge on any atom is -0.506 e. The van der Waals surface area contributed by atoms with Crippen molar-refractivity contribution in [2.24, 2.45) is 5.92 Å². The molecule has 0 bridgehead atoms. The van der Waals surface area contributed by atoms with Crippen LogP contribution >= 0.6 is 0 Å². The van der Waals surface area contributed by atoms with Crippen LogP contribution in [0.1, 0.15) is 34.3 Å². The number of nitrogens with zero attached hydrogens (tertiary/aromatic N) is 1. The molecule has 0 spiro atoms. The van der Waals surface area contributed by atoms with E-state index in [1.807, 2.05) is 47.4 Å². The average Bonchev–Trinajstić information content (AvgIpc) is 2.84. The molecule has 0 saturated carbocycles. The SMILES string of the molecule is O=C(Nc1ccccc1O)C1CCN(C(=O)c2ccccc2CCc2ccccc2)CC1. The summed E-state index contributed by atoms with van der Waals surface area (Å²) in [7, 11) is 0. The number of hydrogen-bond acceptors (Lipinski definition) is 3. The highest BCUT2D eigenvalue weighted by molar-refractivity contribution is 5.96. The highest BCUT2D eigenvalue weighted by atomic mass is 16.3. The van der Waals surface area contributed by atoms with Crippen molar-refractivity contribution in [3.63, 3.8) is 0 Å². The van der Waals surface area contributed by atoms with Crippen LogP contribution in [0.2, 0.25) is 0 Å². The van der Waals surface area contributed by atoms with Gasteiger partial charge in [-0.25, -0.2) is 0 Å². The Kier molecular flexibility index (Phi) is 6.85. The number of para-hydroxylation sites is 2. The molecule has 0 unspecified atom stereocenters. The minimum atomic E-state index is -0.174. The second-order valence-corrected chi connectivity index (χ2v) is 8.22. The lowest BCUT2D eigenvalue weighted by Crippen LogP contribution is -2.41. The Morgan fingerprint density at radius 3 is 2.25 bits per heavy atom. The summed E-state index contributed by atoms with van der Waals surface area (Å²) in [6.45, 7) is 1.09. The molecule has 2 amide bonds. The average molecular weight is 429 g/mol. The van der Waals surface area contributed by atoms with Crippen LogP contribution in [0, 0.1) is 5.92 Å². The van der Waals surface area contributed by atoms with Crippen LogP contribution in [0.25, 0.3) is 0 Å².